The molecule has 0 spiro atoms. The van der Waals surface area contributed by atoms with Crippen molar-refractivity contribution in [1.29, 1.82) is 0 Å². The quantitative estimate of drug-likeness (QED) is 0.856. The lowest BCUT2D eigenvalue weighted by atomic mass is 10.0. The van der Waals surface area contributed by atoms with Gasteiger partial charge >= 0.3 is 0 Å². The molecule has 0 heterocycles. The summed E-state index contributed by atoms with van der Waals surface area (Å²) in [6.45, 7) is 0. The SMILES string of the molecule is OC(Cc1c(F)cccc1Cl)c1c(F)cccc1Br. The van der Waals surface area contributed by atoms with Crippen molar-refractivity contribution in [2.75, 3.05) is 0 Å². The Labute approximate surface area is 123 Å². The summed E-state index contributed by atoms with van der Waals surface area (Å²) < 4.78 is 27.8. The maximum Gasteiger partial charge on any atom is 0.130 e. The van der Waals surface area contributed by atoms with Crippen molar-refractivity contribution < 1.29 is 13.9 Å². The Kier molecular flexibility index (Phi) is 4.55. The maximum absolute atomic E-state index is 13.7. The van der Waals surface area contributed by atoms with Crippen LogP contribution < -0.4 is 0 Å². The topological polar surface area (TPSA) is 20.2 Å². The molecule has 0 radical (unpaired) electrons. The highest BCUT2D eigenvalue weighted by molar-refractivity contribution is 9.10. The van der Waals surface area contributed by atoms with Gasteiger partial charge in [-0.05, 0) is 24.3 Å². The highest BCUT2D eigenvalue weighted by Gasteiger charge is 2.19. The average molecular weight is 348 g/mol. The van der Waals surface area contributed by atoms with E-state index in [4.69, 9.17) is 11.6 Å². The van der Waals surface area contributed by atoms with Crippen LogP contribution in [-0.4, -0.2) is 5.11 Å². The van der Waals surface area contributed by atoms with Gasteiger partial charge in [0.2, 0.25) is 0 Å². The van der Waals surface area contributed by atoms with Crippen molar-refractivity contribution in [3.8, 4) is 0 Å². The zero-order valence-corrected chi connectivity index (χ0v) is 12.0. The summed E-state index contributed by atoms with van der Waals surface area (Å²) >= 11 is 9.06. The summed E-state index contributed by atoms with van der Waals surface area (Å²) in [7, 11) is 0. The second-order valence-corrected chi connectivity index (χ2v) is 5.32. The van der Waals surface area contributed by atoms with Crippen LogP contribution in [0.5, 0.6) is 0 Å². The van der Waals surface area contributed by atoms with Crippen LogP contribution in [-0.2, 0) is 6.42 Å². The molecule has 1 atom stereocenters. The molecular formula is C14H10BrClF2O. The fourth-order valence-corrected chi connectivity index (χ4v) is 2.70. The Bertz CT molecular complexity index is 563. The first-order valence-corrected chi connectivity index (χ1v) is 6.72. The molecule has 5 heteroatoms. The van der Waals surface area contributed by atoms with Crippen molar-refractivity contribution in [3.63, 3.8) is 0 Å². The summed E-state index contributed by atoms with van der Waals surface area (Å²) in [5, 5.41) is 10.3. The molecular weight excluding hydrogens is 338 g/mol. The third-order valence-corrected chi connectivity index (χ3v) is 3.84. The number of hydrogen-bond acceptors (Lipinski definition) is 1. The van der Waals surface area contributed by atoms with Gasteiger partial charge in [-0.25, -0.2) is 8.78 Å². The van der Waals surface area contributed by atoms with Crippen molar-refractivity contribution >= 4 is 27.5 Å². The highest BCUT2D eigenvalue weighted by atomic mass is 79.9. The van der Waals surface area contributed by atoms with E-state index in [0.717, 1.165) is 0 Å². The van der Waals surface area contributed by atoms with Gasteiger partial charge in [-0.15, -0.1) is 0 Å². The first kappa shape index (κ1) is 14.4. The Morgan fingerprint density at radius 1 is 1.11 bits per heavy atom. The fraction of sp³-hybridized carbons (Fsp3) is 0.143. The van der Waals surface area contributed by atoms with Gasteiger partial charge in [0, 0.05) is 27.0 Å². The van der Waals surface area contributed by atoms with E-state index in [1.807, 2.05) is 0 Å². The van der Waals surface area contributed by atoms with Crippen molar-refractivity contribution in [1.82, 2.24) is 0 Å². The summed E-state index contributed by atoms with van der Waals surface area (Å²) in [4.78, 5) is 0. The van der Waals surface area contributed by atoms with Crippen LogP contribution in [0.15, 0.2) is 40.9 Å². The molecule has 0 aliphatic rings. The molecule has 0 saturated heterocycles. The Morgan fingerprint density at radius 3 is 2.37 bits per heavy atom. The number of benzene rings is 2. The first-order chi connectivity index (χ1) is 9.00. The molecule has 0 aliphatic carbocycles. The average Bonchev–Trinajstić information content (AvgIpc) is 2.34. The third kappa shape index (κ3) is 3.14. The molecule has 0 aromatic heterocycles. The van der Waals surface area contributed by atoms with Crippen molar-refractivity contribution in [2.24, 2.45) is 0 Å². The van der Waals surface area contributed by atoms with Gasteiger partial charge in [-0.2, -0.15) is 0 Å². The molecule has 1 nitrogen and oxygen atoms in total. The molecule has 0 amide bonds. The second-order valence-electron chi connectivity index (χ2n) is 4.06. The minimum Gasteiger partial charge on any atom is -0.388 e. The van der Waals surface area contributed by atoms with Gasteiger partial charge < -0.3 is 5.11 Å². The van der Waals surface area contributed by atoms with Gasteiger partial charge in [-0.1, -0.05) is 39.7 Å². The van der Waals surface area contributed by atoms with Crippen molar-refractivity contribution in [2.45, 2.75) is 12.5 Å². The smallest absolute Gasteiger partial charge is 0.130 e. The van der Waals surface area contributed by atoms with Gasteiger partial charge in [0.1, 0.15) is 11.6 Å². The summed E-state index contributed by atoms with van der Waals surface area (Å²) in [5.74, 6) is -1.06. The molecule has 19 heavy (non-hydrogen) atoms. The van der Waals surface area contributed by atoms with E-state index >= 15 is 0 Å². The van der Waals surface area contributed by atoms with Crippen LogP contribution >= 0.6 is 27.5 Å². The number of hydrogen-bond donors (Lipinski definition) is 1. The van der Waals surface area contributed by atoms with E-state index in [1.165, 1.54) is 30.3 Å². The Hall–Kier alpha value is -0.970. The zero-order chi connectivity index (χ0) is 14.0. The van der Waals surface area contributed by atoms with Gasteiger partial charge in [0.25, 0.3) is 0 Å². The summed E-state index contributed by atoms with van der Waals surface area (Å²) in [6.07, 6.45) is -1.27. The predicted octanol–water partition coefficient (Wildman–Crippen LogP) is 4.66. The zero-order valence-electron chi connectivity index (χ0n) is 9.71. The molecule has 0 fully saturated rings. The number of aliphatic hydroxyl groups is 1. The fourth-order valence-electron chi connectivity index (χ4n) is 1.85. The van der Waals surface area contributed by atoms with Crippen LogP contribution in [0.25, 0.3) is 0 Å². The van der Waals surface area contributed by atoms with Gasteiger partial charge in [0.15, 0.2) is 0 Å². The molecule has 2 aromatic carbocycles. The number of halogens is 4. The van der Waals surface area contributed by atoms with E-state index < -0.39 is 17.7 Å². The molecule has 0 bridgehead atoms. The lowest BCUT2D eigenvalue weighted by Gasteiger charge is -2.15. The van der Waals surface area contributed by atoms with E-state index in [1.54, 1.807) is 6.07 Å². The monoisotopic (exact) mass is 346 g/mol. The van der Waals surface area contributed by atoms with Crippen molar-refractivity contribution in [3.05, 3.63) is 68.7 Å². The lowest BCUT2D eigenvalue weighted by molar-refractivity contribution is 0.171. The minimum atomic E-state index is -1.18. The molecule has 1 unspecified atom stereocenters. The van der Waals surface area contributed by atoms with E-state index in [-0.39, 0.29) is 22.6 Å². The molecule has 100 valence electrons. The van der Waals surface area contributed by atoms with E-state index in [2.05, 4.69) is 15.9 Å². The largest absolute Gasteiger partial charge is 0.388 e. The third-order valence-electron chi connectivity index (χ3n) is 2.79. The molecule has 2 aromatic rings. The molecule has 0 aliphatic heterocycles. The van der Waals surface area contributed by atoms with Crippen LogP contribution in [0.4, 0.5) is 8.78 Å². The molecule has 1 N–H and O–H groups in total. The van der Waals surface area contributed by atoms with Gasteiger partial charge in [-0.3, -0.25) is 0 Å². The van der Waals surface area contributed by atoms with E-state index in [9.17, 15) is 13.9 Å². The van der Waals surface area contributed by atoms with Gasteiger partial charge in [0.05, 0.1) is 6.10 Å². The summed E-state index contributed by atoms with van der Waals surface area (Å²) in [6, 6.07) is 8.64. The normalized spacial score (nSPS) is 12.5. The van der Waals surface area contributed by atoms with Crippen LogP contribution in [0, 0.1) is 11.6 Å². The minimum absolute atomic E-state index is 0.0922. The van der Waals surface area contributed by atoms with Crippen LogP contribution in [0.2, 0.25) is 5.02 Å². The Balaban J connectivity index is 2.34. The van der Waals surface area contributed by atoms with Crippen LogP contribution in [0.3, 0.4) is 0 Å². The molecule has 0 saturated carbocycles. The Morgan fingerprint density at radius 2 is 1.74 bits per heavy atom. The maximum atomic E-state index is 13.7. The number of rotatable bonds is 3. The molecule has 2 rings (SSSR count). The van der Waals surface area contributed by atoms with Crippen LogP contribution in [0.1, 0.15) is 17.2 Å². The highest BCUT2D eigenvalue weighted by Crippen LogP contribution is 2.31. The summed E-state index contributed by atoms with van der Waals surface area (Å²) in [5.41, 5.74) is 0.272. The predicted molar refractivity (Wildman–Crippen MR) is 74.2 cm³/mol. The standard InChI is InChI=1S/C14H10BrClF2O/c15-9-3-1-6-12(18)14(9)13(19)7-8-10(16)4-2-5-11(8)17/h1-6,13,19H,7H2. The first-order valence-electron chi connectivity index (χ1n) is 5.55. The lowest BCUT2D eigenvalue weighted by Crippen LogP contribution is -2.07. The second kappa shape index (κ2) is 5.99. The van der Waals surface area contributed by atoms with E-state index in [0.29, 0.717) is 4.47 Å². The number of aliphatic hydroxyl groups excluding tert-OH is 1.